The molecule has 7 nitrogen and oxygen atoms in total. The number of anilines is 1. The molecule has 1 heterocycles. The molecular formula is C22H21BrN2O5S. The van der Waals surface area contributed by atoms with Crippen LogP contribution in [0.2, 0.25) is 0 Å². The second kappa shape index (κ2) is 9.93. The van der Waals surface area contributed by atoms with Crippen molar-refractivity contribution >= 4 is 56.8 Å². The highest BCUT2D eigenvalue weighted by atomic mass is 79.9. The Morgan fingerprint density at radius 2 is 1.77 bits per heavy atom. The zero-order chi connectivity index (χ0) is 22.5. The van der Waals surface area contributed by atoms with Crippen molar-refractivity contribution in [2.45, 2.75) is 13.8 Å². The van der Waals surface area contributed by atoms with Gasteiger partial charge in [0.15, 0.2) is 16.6 Å². The third-order valence-electron chi connectivity index (χ3n) is 4.36. The molecule has 162 valence electrons. The summed E-state index contributed by atoms with van der Waals surface area (Å²) < 4.78 is 17.1. The van der Waals surface area contributed by atoms with Crippen LogP contribution in [0.4, 0.5) is 5.69 Å². The highest BCUT2D eigenvalue weighted by Gasteiger charge is 2.34. The first-order chi connectivity index (χ1) is 14.9. The van der Waals surface area contributed by atoms with Crippen LogP contribution in [0.5, 0.6) is 17.2 Å². The molecule has 2 aromatic carbocycles. The Labute approximate surface area is 194 Å². The second-order valence-corrected chi connectivity index (χ2v) is 7.59. The highest BCUT2D eigenvalue weighted by molar-refractivity contribution is 9.10. The van der Waals surface area contributed by atoms with E-state index in [0.717, 1.165) is 0 Å². The predicted octanol–water partition coefficient (Wildman–Crippen LogP) is 4.09. The fourth-order valence-corrected chi connectivity index (χ4v) is 3.86. The van der Waals surface area contributed by atoms with Gasteiger partial charge in [-0.3, -0.25) is 19.8 Å². The summed E-state index contributed by atoms with van der Waals surface area (Å²) in [6, 6.07) is 10.3. The molecule has 2 amide bonds. The fraction of sp³-hybridized carbons (Fsp3) is 0.227. The summed E-state index contributed by atoms with van der Waals surface area (Å²) in [6.45, 7) is 4.64. The zero-order valence-corrected chi connectivity index (χ0v) is 19.6. The molecule has 3 rings (SSSR count). The summed E-state index contributed by atoms with van der Waals surface area (Å²) in [6.07, 6.45) is 1.50. The van der Waals surface area contributed by atoms with Gasteiger partial charge in [-0.25, -0.2) is 0 Å². The molecule has 0 spiro atoms. The Hall–Kier alpha value is -2.91. The van der Waals surface area contributed by atoms with E-state index in [2.05, 4.69) is 21.2 Å². The van der Waals surface area contributed by atoms with Gasteiger partial charge in [-0.2, -0.15) is 0 Å². The van der Waals surface area contributed by atoms with Crippen molar-refractivity contribution in [3.63, 3.8) is 0 Å². The number of amides is 2. The van der Waals surface area contributed by atoms with Crippen molar-refractivity contribution < 1.29 is 23.8 Å². The molecule has 0 aromatic heterocycles. The molecule has 0 radical (unpaired) electrons. The van der Waals surface area contributed by atoms with Crippen LogP contribution in [0.3, 0.4) is 0 Å². The average Bonchev–Trinajstić information content (AvgIpc) is 2.74. The van der Waals surface area contributed by atoms with Crippen LogP contribution in [-0.4, -0.2) is 37.3 Å². The topological polar surface area (TPSA) is 77.1 Å². The standard InChI is InChI=1S/C22H21BrN2O5S/c1-4-29-18-12-13(11-17(23)19(18)30-5-2)10-16-20(26)24-22(31)25(21(16)27)14-6-8-15(28-3)9-7-14/h6-12H,4-5H2,1-3H3,(H,24,26,31)/b16-10-. The maximum absolute atomic E-state index is 13.2. The van der Waals surface area contributed by atoms with Gasteiger partial charge in [-0.1, -0.05) is 0 Å². The molecule has 2 aromatic rings. The van der Waals surface area contributed by atoms with E-state index in [1.807, 2.05) is 13.8 Å². The molecule has 1 fully saturated rings. The number of rotatable bonds is 7. The maximum Gasteiger partial charge on any atom is 0.270 e. The number of hydrogen-bond acceptors (Lipinski definition) is 6. The largest absolute Gasteiger partial charge is 0.497 e. The Kier molecular flexibility index (Phi) is 7.29. The van der Waals surface area contributed by atoms with Gasteiger partial charge in [0, 0.05) is 0 Å². The van der Waals surface area contributed by atoms with E-state index in [1.54, 1.807) is 43.5 Å². The number of thiocarbonyl (C=S) groups is 1. The summed E-state index contributed by atoms with van der Waals surface area (Å²) in [4.78, 5) is 27.0. The van der Waals surface area contributed by atoms with Crippen molar-refractivity contribution in [2.75, 3.05) is 25.2 Å². The van der Waals surface area contributed by atoms with E-state index in [9.17, 15) is 9.59 Å². The van der Waals surface area contributed by atoms with E-state index in [-0.39, 0.29) is 10.7 Å². The third kappa shape index (κ3) is 4.88. The van der Waals surface area contributed by atoms with E-state index in [1.165, 1.54) is 11.0 Å². The number of nitrogens with one attached hydrogen (secondary N) is 1. The highest BCUT2D eigenvalue weighted by Crippen LogP contribution is 2.37. The lowest BCUT2D eigenvalue weighted by atomic mass is 10.1. The normalized spacial score (nSPS) is 15.2. The molecule has 1 aliphatic heterocycles. The average molecular weight is 505 g/mol. The number of halogens is 1. The monoisotopic (exact) mass is 504 g/mol. The summed E-state index contributed by atoms with van der Waals surface area (Å²) in [5.74, 6) is 0.620. The van der Waals surface area contributed by atoms with Gasteiger partial charge in [-0.15, -0.1) is 0 Å². The molecule has 0 atom stereocenters. The maximum atomic E-state index is 13.2. The van der Waals surface area contributed by atoms with Gasteiger partial charge in [0.05, 0.1) is 30.5 Å². The van der Waals surface area contributed by atoms with Crippen LogP contribution in [0.1, 0.15) is 19.4 Å². The lowest BCUT2D eigenvalue weighted by Crippen LogP contribution is -2.54. The lowest BCUT2D eigenvalue weighted by molar-refractivity contribution is -0.122. The first kappa shape index (κ1) is 22.8. The van der Waals surface area contributed by atoms with Crippen molar-refractivity contribution in [2.24, 2.45) is 0 Å². The molecule has 1 N–H and O–H groups in total. The molecule has 9 heteroatoms. The van der Waals surface area contributed by atoms with Gasteiger partial charge >= 0.3 is 0 Å². The Morgan fingerprint density at radius 3 is 2.39 bits per heavy atom. The number of nitrogens with zero attached hydrogens (tertiary/aromatic N) is 1. The van der Waals surface area contributed by atoms with E-state index >= 15 is 0 Å². The summed E-state index contributed by atoms with van der Waals surface area (Å²) in [5.41, 5.74) is 1.06. The fourth-order valence-electron chi connectivity index (χ4n) is 3.01. The van der Waals surface area contributed by atoms with Crippen molar-refractivity contribution in [1.82, 2.24) is 5.32 Å². The number of ether oxygens (including phenoxy) is 3. The second-order valence-electron chi connectivity index (χ2n) is 6.35. The summed E-state index contributed by atoms with van der Waals surface area (Å²) >= 11 is 8.71. The van der Waals surface area contributed by atoms with Crippen molar-refractivity contribution in [1.29, 1.82) is 0 Å². The molecule has 1 saturated heterocycles. The SMILES string of the molecule is CCOc1cc(/C=C2/C(=O)NC(=S)N(c3ccc(OC)cc3)C2=O)cc(Br)c1OCC. The van der Waals surface area contributed by atoms with Crippen LogP contribution in [-0.2, 0) is 9.59 Å². The summed E-state index contributed by atoms with van der Waals surface area (Å²) in [7, 11) is 1.55. The Balaban J connectivity index is 2.01. The minimum absolute atomic E-state index is 0.0141. The van der Waals surface area contributed by atoms with Gasteiger partial charge in [0.25, 0.3) is 11.8 Å². The predicted molar refractivity (Wildman–Crippen MR) is 126 cm³/mol. The zero-order valence-electron chi connectivity index (χ0n) is 17.2. The minimum Gasteiger partial charge on any atom is -0.497 e. The van der Waals surface area contributed by atoms with Crippen LogP contribution in [0, 0.1) is 0 Å². The van der Waals surface area contributed by atoms with Gasteiger partial charge in [0.2, 0.25) is 0 Å². The van der Waals surface area contributed by atoms with E-state index in [4.69, 9.17) is 26.4 Å². The molecule has 31 heavy (non-hydrogen) atoms. The molecule has 0 bridgehead atoms. The van der Waals surface area contributed by atoms with Crippen LogP contribution in [0.25, 0.3) is 6.08 Å². The van der Waals surface area contributed by atoms with Crippen LogP contribution >= 0.6 is 28.1 Å². The number of carbonyl (C=O) groups excluding carboxylic acids is 2. The molecule has 1 aliphatic rings. The van der Waals surface area contributed by atoms with Gasteiger partial charge < -0.3 is 14.2 Å². The number of carbonyl (C=O) groups is 2. The Bertz CT molecular complexity index is 1050. The smallest absolute Gasteiger partial charge is 0.270 e. The lowest BCUT2D eigenvalue weighted by Gasteiger charge is -2.29. The molecule has 0 saturated carbocycles. The van der Waals surface area contributed by atoms with Crippen molar-refractivity contribution in [3.8, 4) is 17.2 Å². The summed E-state index contributed by atoms with van der Waals surface area (Å²) in [5, 5.41) is 2.59. The van der Waals surface area contributed by atoms with Crippen LogP contribution in [0.15, 0.2) is 46.4 Å². The van der Waals surface area contributed by atoms with E-state index in [0.29, 0.717) is 46.2 Å². The molecule has 0 aliphatic carbocycles. The van der Waals surface area contributed by atoms with Gasteiger partial charge in [-0.05, 0) is 90.0 Å². The quantitative estimate of drug-likeness (QED) is 0.347. The van der Waals surface area contributed by atoms with E-state index < -0.39 is 11.8 Å². The molecule has 0 unspecified atom stereocenters. The first-order valence-electron chi connectivity index (χ1n) is 9.54. The number of benzene rings is 2. The third-order valence-corrected chi connectivity index (χ3v) is 5.24. The van der Waals surface area contributed by atoms with Crippen molar-refractivity contribution in [3.05, 3.63) is 52.0 Å². The first-order valence-corrected chi connectivity index (χ1v) is 10.7. The van der Waals surface area contributed by atoms with Crippen LogP contribution < -0.4 is 24.4 Å². The Morgan fingerprint density at radius 1 is 1.10 bits per heavy atom. The minimum atomic E-state index is -0.567. The molecular weight excluding hydrogens is 484 g/mol. The number of methoxy groups -OCH3 is 1. The number of hydrogen-bond donors (Lipinski definition) is 1. The van der Waals surface area contributed by atoms with Gasteiger partial charge in [0.1, 0.15) is 11.3 Å².